The second kappa shape index (κ2) is 7.11. The summed E-state index contributed by atoms with van der Waals surface area (Å²) in [6.07, 6.45) is -0.963. The number of carbonyl (C=O) groups excluding carboxylic acids is 1. The molecule has 1 saturated heterocycles. The molecule has 1 rings (SSSR count). The largest absolute Gasteiger partial charge is 0.479 e. The Bertz CT molecular complexity index is 435. The number of rotatable bonds is 7. The van der Waals surface area contributed by atoms with Crippen LogP contribution in [-0.4, -0.2) is 65.7 Å². The maximum absolute atomic E-state index is 11.4. The normalized spacial score (nSPS) is 22.9. The molecule has 0 aromatic rings. The molecular weight excluding hydrogens is 294 g/mol. The van der Waals surface area contributed by atoms with E-state index in [9.17, 15) is 18.0 Å². The predicted octanol–water partition coefficient (Wildman–Crippen LogP) is -1.14. The zero-order valence-electron chi connectivity index (χ0n) is 10.2. The summed E-state index contributed by atoms with van der Waals surface area (Å²) >= 11 is 1.29. The van der Waals surface area contributed by atoms with Crippen molar-refractivity contribution in [2.24, 2.45) is 0 Å². The molecule has 0 aromatic carbocycles. The third kappa shape index (κ3) is 6.26. The van der Waals surface area contributed by atoms with E-state index in [-0.39, 0.29) is 41.4 Å². The lowest BCUT2D eigenvalue weighted by molar-refractivity contribution is -0.147. The van der Waals surface area contributed by atoms with Crippen molar-refractivity contribution >= 4 is 33.5 Å². The maximum atomic E-state index is 11.4. The summed E-state index contributed by atoms with van der Waals surface area (Å²) in [5.74, 6) is -1.17. The van der Waals surface area contributed by atoms with Gasteiger partial charge in [0.15, 0.2) is 15.9 Å². The van der Waals surface area contributed by atoms with E-state index in [0.717, 1.165) is 0 Å². The zero-order valence-corrected chi connectivity index (χ0v) is 11.9. The molecule has 1 heterocycles. The first-order chi connectivity index (χ1) is 8.80. The van der Waals surface area contributed by atoms with Crippen LogP contribution in [0.1, 0.15) is 12.8 Å². The number of amides is 1. The molecule has 0 bridgehead atoms. The summed E-state index contributed by atoms with van der Waals surface area (Å²) in [6.45, 7) is 0.0792. The minimum Gasteiger partial charge on any atom is -0.479 e. The maximum Gasteiger partial charge on any atom is 0.332 e. The number of aliphatic hydroxyl groups excluding tert-OH is 1. The van der Waals surface area contributed by atoms with Crippen LogP contribution in [0.3, 0.4) is 0 Å². The van der Waals surface area contributed by atoms with E-state index >= 15 is 0 Å². The van der Waals surface area contributed by atoms with Crippen LogP contribution in [-0.2, 0) is 19.4 Å². The van der Waals surface area contributed by atoms with Gasteiger partial charge in [-0.05, 0) is 6.42 Å². The number of nitrogens with one attached hydrogen (secondary N) is 1. The van der Waals surface area contributed by atoms with Gasteiger partial charge < -0.3 is 15.5 Å². The molecule has 0 aliphatic carbocycles. The molecule has 1 aliphatic rings. The predicted molar refractivity (Wildman–Crippen MR) is 70.8 cm³/mol. The molecule has 7 nitrogen and oxygen atoms in total. The Kier molecular flexibility index (Phi) is 6.08. The van der Waals surface area contributed by atoms with E-state index in [0.29, 0.717) is 6.42 Å². The summed E-state index contributed by atoms with van der Waals surface area (Å²) in [6, 6.07) is 0. The molecule has 9 heteroatoms. The second-order valence-corrected chi connectivity index (χ2v) is 7.85. The monoisotopic (exact) mass is 311 g/mol. The quantitative estimate of drug-likeness (QED) is 0.543. The fourth-order valence-corrected chi connectivity index (χ4v) is 5.08. The van der Waals surface area contributed by atoms with E-state index in [1.807, 2.05) is 0 Å². The van der Waals surface area contributed by atoms with Crippen molar-refractivity contribution in [3.63, 3.8) is 0 Å². The lowest BCUT2D eigenvalue weighted by Crippen LogP contribution is -2.31. The molecule has 19 heavy (non-hydrogen) atoms. The van der Waals surface area contributed by atoms with Gasteiger partial charge in [-0.25, -0.2) is 13.2 Å². The topological polar surface area (TPSA) is 121 Å². The summed E-state index contributed by atoms with van der Waals surface area (Å²) in [7, 11) is -2.93. The van der Waals surface area contributed by atoms with Crippen LogP contribution in [0.25, 0.3) is 0 Å². The van der Waals surface area contributed by atoms with Crippen molar-refractivity contribution in [2.45, 2.75) is 24.2 Å². The molecule has 1 unspecified atom stereocenters. The Balaban J connectivity index is 2.14. The van der Waals surface area contributed by atoms with Gasteiger partial charge in [0, 0.05) is 18.2 Å². The first-order valence-corrected chi connectivity index (χ1v) is 8.67. The van der Waals surface area contributed by atoms with Crippen LogP contribution < -0.4 is 5.32 Å². The van der Waals surface area contributed by atoms with Gasteiger partial charge in [0.25, 0.3) is 0 Å². The number of thioether (sulfide) groups is 1. The van der Waals surface area contributed by atoms with Gasteiger partial charge in [0.1, 0.15) is 0 Å². The minimum absolute atomic E-state index is 0.0413. The summed E-state index contributed by atoms with van der Waals surface area (Å²) < 4.78 is 22.4. The summed E-state index contributed by atoms with van der Waals surface area (Å²) in [5.41, 5.74) is 0. The number of carbonyl (C=O) groups is 2. The Morgan fingerprint density at radius 3 is 2.63 bits per heavy atom. The molecule has 0 spiro atoms. The number of hydrogen-bond acceptors (Lipinski definition) is 6. The number of aliphatic hydroxyl groups is 1. The zero-order chi connectivity index (χ0) is 14.5. The summed E-state index contributed by atoms with van der Waals surface area (Å²) in [5, 5.41) is 19.8. The molecule has 0 radical (unpaired) electrons. The van der Waals surface area contributed by atoms with E-state index in [1.165, 1.54) is 11.8 Å². The highest BCUT2D eigenvalue weighted by atomic mass is 32.2. The second-order valence-electron chi connectivity index (χ2n) is 4.33. The van der Waals surface area contributed by atoms with Crippen LogP contribution in [0.5, 0.6) is 0 Å². The highest BCUT2D eigenvalue weighted by Gasteiger charge is 2.28. The molecule has 1 aliphatic heterocycles. The highest BCUT2D eigenvalue weighted by molar-refractivity contribution is 8.02. The van der Waals surface area contributed by atoms with Crippen LogP contribution in [0.15, 0.2) is 0 Å². The third-order valence-corrected chi connectivity index (χ3v) is 5.95. The number of carboxylic acid groups (broad SMARTS) is 1. The lowest BCUT2D eigenvalue weighted by Gasteiger charge is -2.09. The number of aliphatic carboxylic acids is 1. The van der Waals surface area contributed by atoms with E-state index in [2.05, 4.69) is 5.32 Å². The molecule has 0 aromatic heterocycles. The Morgan fingerprint density at radius 2 is 2.11 bits per heavy atom. The number of hydrogen-bond donors (Lipinski definition) is 3. The van der Waals surface area contributed by atoms with Gasteiger partial charge in [-0.1, -0.05) is 0 Å². The Hall–Kier alpha value is -0.800. The Labute approximate surface area is 115 Å². The molecule has 110 valence electrons. The number of sulfone groups is 1. The third-order valence-electron chi connectivity index (χ3n) is 2.67. The van der Waals surface area contributed by atoms with Crippen molar-refractivity contribution in [1.82, 2.24) is 5.32 Å². The van der Waals surface area contributed by atoms with Crippen molar-refractivity contribution in [3.8, 4) is 0 Å². The first-order valence-electron chi connectivity index (χ1n) is 5.80. The average molecular weight is 311 g/mol. The van der Waals surface area contributed by atoms with Crippen molar-refractivity contribution < 1.29 is 28.2 Å². The van der Waals surface area contributed by atoms with E-state index < -0.39 is 21.9 Å². The molecule has 1 fully saturated rings. The fraction of sp³-hybridized carbons (Fsp3) is 0.800. The first kappa shape index (κ1) is 16.3. The average Bonchev–Trinajstić information content (AvgIpc) is 2.66. The van der Waals surface area contributed by atoms with Crippen LogP contribution in [0, 0.1) is 0 Å². The molecule has 3 N–H and O–H groups in total. The fourth-order valence-electron chi connectivity index (χ4n) is 1.61. The highest BCUT2D eigenvalue weighted by Crippen LogP contribution is 2.23. The van der Waals surface area contributed by atoms with Gasteiger partial charge in [-0.3, -0.25) is 4.79 Å². The van der Waals surface area contributed by atoms with Crippen LogP contribution in [0.2, 0.25) is 0 Å². The van der Waals surface area contributed by atoms with Crippen molar-refractivity contribution in [2.75, 3.05) is 23.8 Å². The van der Waals surface area contributed by atoms with Gasteiger partial charge in [0.05, 0.1) is 17.3 Å². The van der Waals surface area contributed by atoms with Gasteiger partial charge >= 0.3 is 5.97 Å². The van der Waals surface area contributed by atoms with E-state index in [1.54, 1.807) is 0 Å². The SMILES string of the molecule is O=C(CSC1CCS(=O)(=O)C1)NCC[C@H](O)C(=O)O. The van der Waals surface area contributed by atoms with Gasteiger partial charge in [-0.15, -0.1) is 11.8 Å². The smallest absolute Gasteiger partial charge is 0.332 e. The standard InChI is InChI=1S/C10H17NO6S2/c12-8(10(14)15)1-3-11-9(13)5-18-7-2-4-19(16,17)6-7/h7-8,12H,1-6H2,(H,11,13)(H,14,15)/t7?,8-/m0/s1. The molecule has 0 saturated carbocycles. The van der Waals surface area contributed by atoms with Crippen LogP contribution in [0.4, 0.5) is 0 Å². The van der Waals surface area contributed by atoms with Crippen LogP contribution >= 0.6 is 11.8 Å². The summed E-state index contributed by atoms with van der Waals surface area (Å²) in [4.78, 5) is 21.7. The van der Waals surface area contributed by atoms with Gasteiger partial charge in [0.2, 0.25) is 5.91 Å². The van der Waals surface area contributed by atoms with Crippen molar-refractivity contribution in [3.05, 3.63) is 0 Å². The Morgan fingerprint density at radius 1 is 1.42 bits per heavy atom. The minimum atomic E-state index is -2.93. The van der Waals surface area contributed by atoms with Crippen molar-refractivity contribution in [1.29, 1.82) is 0 Å². The lowest BCUT2D eigenvalue weighted by atomic mass is 10.2. The molecular formula is C10H17NO6S2. The number of carboxylic acids is 1. The molecule has 2 atom stereocenters. The molecule has 1 amide bonds. The van der Waals surface area contributed by atoms with Gasteiger partial charge in [-0.2, -0.15) is 0 Å². The van der Waals surface area contributed by atoms with E-state index in [4.69, 9.17) is 10.2 Å².